The van der Waals surface area contributed by atoms with Crippen molar-refractivity contribution in [2.75, 3.05) is 0 Å². The first kappa shape index (κ1) is 11.5. The van der Waals surface area contributed by atoms with Crippen LogP contribution in [0.2, 0.25) is 0 Å². The summed E-state index contributed by atoms with van der Waals surface area (Å²) < 4.78 is 5.65. The number of rotatable bonds is 1. The van der Waals surface area contributed by atoms with E-state index in [0.29, 0.717) is 22.3 Å². The van der Waals surface area contributed by atoms with Crippen molar-refractivity contribution >= 4 is 11.0 Å². The van der Waals surface area contributed by atoms with Crippen LogP contribution in [0, 0.1) is 6.92 Å². The maximum Gasteiger partial charge on any atom is 0.200 e. The Morgan fingerprint density at radius 2 is 1.79 bits per heavy atom. The normalized spacial score (nSPS) is 10.8. The Balaban J connectivity index is 2.39. The van der Waals surface area contributed by atoms with Crippen molar-refractivity contribution in [2.45, 2.75) is 6.92 Å². The second-order valence-electron chi connectivity index (χ2n) is 4.41. The van der Waals surface area contributed by atoms with E-state index in [2.05, 4.69) is 0 Å². The highest BCUT2D eigenvalue weighted by molar-refractivity contribution is 5.83. The van der Waals surface area contributed by atoms with Gasteiger partial charge in [0.15, 0.2) is 0 Å². The van der Waals surface area contributed by atoms with E-state index in [1.807, 2.05) is 30.3 Å². The van der Waals surface area contributed by atoms with Crippen molar-refractivity contribution < 1.29 is 9.52 Å². The Morgan fingerprint density at radius 1 is 1.05 bits per heavy atom. The third-order valence-electron chi connectivity index (χ3n) is 3.11. The van der Waals surface area contributed by atoms with Gasteiger partial charge in [0.1, 0.15) is 17.1 Å². The minimum Gasteiger partial charge on any atom is -0.508 e. The summed E-state index contributed by atoms with van der Waals surface area (Å²) in [5, 5.41) is 9.91. The highest BCUT2D eigenvalue weighted by Gasteiger charge is 2.13. The van der Waals surface area contributed by atoms with Crippen molar-refractivity contribution in [3.63, 3.8) is 0 Å². The first-order chi connectivity index (χ1) is 9.16. The van der Waals surface area contributed by atoms with Gasteiger partial charge in [-0.3, -0.25) is 4.79 Å². The van der Waals surface area contributed by atoms with Gasteiger partial charge in [0.25, 0.3) is 0 Å². The Morgan fingerprint density at radius 3 is 2.53 bits per heavy atom. The zero-order valence-corrected chi connectivity index (χ0v) is 10.4. The zero-order valence-electron chi connectivity index (χ0n) is 10.4. The van der Waals surface area contributed by atoms with Crippen LogP contribution < -0.4 is 5.43 Å². The van der Waals surface area contributed by atoms with E-state index in [4.69, 9.17) is 4.42 Å². The molecule has 3 rings (SSSR count). The summed E-state index contributed by atoms with van der Waals surface area (Å²) in [6.45, 7) is 1.76. The first-order valence-corrected chi connectivity index (χ1v) is 5.98. The van der Waals surface area contributed by atoms with Crippen LogP contribution in [-0.2, 0) is 0 Å². The van der Waals surface area contributed by atoms with E-state index >= 15 is 0 Å². The minimum absolute atomic E-state index is 0.0787. The van der Waals surface area contributed by atoms with Gasteiger partial charge < -0.3 is 9.52 Å². The van der Waals surface area contributed by atoms with Crippen LogP contribution in [0.3, 0.4) is 0 Å². The van der Waals surface area contributed by atoms with Crippen molar-refractivity contribution in [1.82, 2.24) is 0 Å². The molecule has 0 saturated carbocycles. The third kappa shape index (κ3) is 1.89. The summed E-state index contributed by atoms with van der Waals surface area (Å²) in [7, 11) is 0. The van der Waals surface area contributed by atoms with Crippen LogP contribution in [0.25, 0.3) is 22.1 Å². The van der Waals surface area contributed by atoms with E-state index in [1.165, 1.54) is 12.1 Å². The summed E-state index contributed by atoms with van der Waals surface area (Å²) in [5.74, 6) is 0.636. The zero-order chi connectivity index (χ0) is 13.4. The lowest BCUT2D eigenvalue weighted by Gasteiger charge is -2.07. The van der Waals surface area contributed by atoms with E-state index in [0.717, 1.165) is 5.56 Å². The largest absolute Gasteiger partial charge is 0.508 e. The molecule has 0 amide bonds. The monoisotopic (exact) mass is 252 g/mol. The molecule has 0 saturated heterocycles. The van der Waals surface area contributed by atoms with Gasteiger partial charge in [0, 0.05) is 6.07 Å². The molecule has 1 N–H and O–H groups in total. The summed E-state index contributed by atoms with van der Waals surface area (Å²) in [6.07, 6.45) is 0. The summed E-state index contributed by atoms with van der Waals surface area (Å²) in [6, 6.07) is 14.0. The van der Waals surface area contributed by atoms with Crippen molar-refractivity contribution in [3.05, 3.63) is 64.5 Å². The fourth-order valence-corrected chi connectivity index (χ4v) is 2.23. The van der Waals surface area contributed by atoms with Gasteiger partial charge in [-0.2, -0.15) is 0 Å². The molecule has 0 aliphatic heterocycles. The molecule has 0 aliphatic rings. The van der Waals surface area contributed by atoms with Crippen molar-refractivity contribution in [2.24, 2.45) is 0 Å². The molecule has 94 valence electrons. The smallest absolute Gasteiger partial charge is 0.200 e. The first-order valence-electron chi connectivity index (χ1n) is 5.98. The molecule has 3 heteroatoms. The van der Waals surface area contributed by atoms with Crippen LogP contribution in [0.15, 0.2) is 57.7 Å². The number of phenols is 1. The maximum atomic E-state index is 12.5. The molecule has 19 heavy (non-hydrogen) atoms. The number of phenolic OH excluding ortho intramolecular Hbond substituents is 1. The second-order valence-corrected chi connectivity index (χ2v) is 4.41. The number of hydrogen-bond donors (Lipinski definition) is 1. The van der Waals surface area contributed by atoms with Gasteiger partial charge in [-0.05, 0) is 24.6 Å². The number of hydrogen-bond acceptors (Lipinski definition) is 3. The Bertz CT molecular complexity index is 801. The van der Waals surface area contributed by atoms with E-state index in [9.17, 15) is 9.90 Å². The van der Waals surface area contributed by atoms with Crippen molar-refractivity contribution in [1.29, 1.82) is 0 Å². The summed E-state index contributed by atoms with van der Waals surface area (Å²) in [5.41, 5.74) is 1.73. The molecular formula is C16H12O3. The maximum absolute atomic E-state index is 12.5. The minimum atomic E-state index is -0.0787. The molecule has 0 radical (unpaired) electrons. The molecule has 1 aromatic heterocycles. The van der Waals surface area contributed by atoms with Crippen LogP contribution in [-0.4, -0.2) is 5.11 Å². The Labute approximate surface area is 109 Å². The van der Waals surface area contributed by atoms with Gasteiger partial charge in [0.05, 0.1) is 10.9 Å². The quantitative estimate of drug-likeness (QED) is 0.721. The van der Waals surface area contributed by atoms with Gasteiger partial charge in [0.2, 0.25) is 5.43 Å². The van der Waals surface area contributed by atoms with Crippen LogP contribution in [0.4, 0.5) is 0 Å². The van der Waals surface area contributed by atoms with E-state index < -0.39 is 0 Å². The van der Waals surface area contributed by atoms with E-state index in [1.54, 1.807) is 13.0 Å². The average Bonchev–Trinajstić information content (AvgIpc) is 2.39. The molecule has 0 atom stereocenters. The molecule has 0 fully saturated rings. The molecule has 0 bridgehead atoms. The highest BCUT2D eigenvalue weighted by Crippen LogP contribution is 2.25. The van der Waals surface area contributed by atoms with Crippen LogP contribution >= 0.6 is 0 Å². The topological polar surface area (TPSA) is 50.4 Å². The molecule has 0 spiro atoms. The molecule has 1 heterocycles. The Kier molecular flexibility index (Phi) is 2.60. The van der Waals surface area contributed by atoms with E-state index in [-0.39, 0.29) is 11.2 Å². The molecule has 3 nitrogen and oxygen atoms in total. The van der Waals surface area contributed by atoms with Crippen LogP contribution in [0.1, 0.15) is 5.76 Å². The van der Waals surface area contributed by atoms with Gasteiger partial charge >= 0.3 is 0 Å². The lowest BCUT2D eigenvalue weighted by molar-refractivity contribution is 0.473. The Hall–Kier alpha value is -2.55. The number of fused-ring (bicyclic) bond motifs is 1. The van der Waals surface area contributed by atoms with Gasteiger partial charge in [-0.15, -0.1) is 0 Å². The highest BCUT2D eigenvalue weighted by atomic mass is 16.3. The lowest BCUT2D eigenvalue weighted by atomic mass is 10.0. The van der Waals surface area contributed by atoms with Gasteiger partial charge in [-0.25, -0.2) is 0 Å². The third-order valence-corrected chi connectivity index (χ3v) is 3.11. The predicted octanol–water partition coefficient (Wildman–Crippen LogP) is 3.47. The molecule has 3 aromatic rings. The summed E-state index contributed by atoms with van der Waals surface area (Å²) in [4.78, 5) is 12.5. The van der Waals surface area contributed by atoms with Crippen molar-refractivity contribution in [3.8, 4) is 16.9 Å². The lowest BCUT2D eigenvalue weighted by Crippen LogP contribution is -2.07. The average molecular weight is 252 g/mol. The van der Waals surface area contributed by atoms with Gasteiger partial charge in [-0.1, -0.05) is 30.3 Å². The molecular weight excluding hydrogens is 240 g/mol. The fourth-order valence-electron chi connectivity index (χ4n) is 2.23. The second kappa shape index (κ2) is 4.28. The number of aromatic hydroxyl groups is 1. The predicted molar refractivity (Wildman–Crippen MR) is 74.3 cm³/mol. The molecule has 0 unspecified atom stereocenters. The fraction of sp³-hybridized carbons (Fsp3) is 0.0625. The standard InChI is InChI=1S/C16H12O3/c1-10-15(11-5-3-2-4-6-11)16(18)13-8-7-12(17)9-14(13)19-10/h2-9,17H,1H3. The number of aryl methyl sites for hydroxylation is 1. The molecule has 0 aliphatic carbocycles. The summed E-state index contributed by atoms with van der Waals surface area (Å²) >= 11 is 0. The van der Waals surface area contributed by atoms with Crippen LogP contribution in [0.5, 0.6) is 5.75 Å². The number of benzene rings is 2. The molecule has 2 aromatic carbocycles. The SMILES string of the molecule is Cc1oc2cc(O)ccc2c(=O)c1-c1ccccc1.